The normalized spacial score (nSPS) is 11.8. The zero-order valence-electron chi connectivity index (χ0n) is 18.6. The van der Waals surface area contributed by atoms with Crippen LogP contribution in [0.2, 0.25) is 0 Å². The molecule has 3 aromatic carbocycles. The first-order chi connectivity index (χ1) is 15.6. The van der Waals surface area contributed by atoms with Crippen molar-refractivity contribution in [1.82, 2.24) is 4.31 Å². The molecule has 0 spiro atoms. The van der Waals surface area contributed by atoms with Gasteiger partial charge in [-0.2, -0.15) is 4.31 Å². The van der Waals surface area contributed by atoms with Crippen molar-refractivity contribution < 1.29 is 17.9 Å². The molecule has 0 saturated heterocycles. The van der Waals surface area contributed by atoms with Gasteiger partial charge in [-0.1, -0.05) is 50.2 Å². The number of phenolic OH excluding ortho intramolecular Hbond substituents is 1. The maximum absolute atomic E-state index is 13.8. The third-order valence-electron chi connectivity index (χ3n) is 5.43. The summed E-state index contributed by atoms with van der Waals surface area (Å²) in [6.45, 7) is 4.24. The lowest BCUT2D eigenvalue weighted by Gasteiger charge is -2.23. The van der Waals surface area contributed by atoms with Gasteiger partial charge in [0.2, 0.25) is 10.0 Å². The number of phenols is 1. The Kier molecular flexibility index (Phi) is 7.50. The zero-order valence-corrected chi connectivity index (χ0v) is 19.4. The minimum absolute atomic E-state index is 0.0755. The molecule has 0 aliphatic heterocycles. The highest BCUT2D eigenvalue weighted by Crippen LogP contribution is 2.28. The Morgan fingerprint density at radius 1 is 1.06 bits per heavy atom. The average Bonchev–Trinajstić information content (AvgIpc) is 2.76. The van der Waals surface area contributed by atoms with Crippen LogP contribution in [0, 0.1) is 11.2 Å². The Bertz CT molecular complexity index is 1240. The molecular formula is C25H28FN3O3S. The van der Waals surface area contributed by atoms with Crippen LogP contribution in [0.25, 0.3) is 0 Å². The van der Waals surface area contributed by atoms with E-state index >= 15 is 0 Å². The lowest BCUT2D eigenvalue weighted by atomic mass is 10.0. The van der Waals surface area contributed by atoms with Gasteiger partial charge in [0.1, 0.15) is 22.3 Å². The summed E-state index contributed by atoms with van der Waals surface area (Å²) in [5.41, 5.74) is 8.32. The monoisotopic (exact) mass is 469 g/mol. The molecule has 0 saturated carbocycles. The fraction of sp³-hybridized carbons (Fsp3) is 0.240. The quantitative estimate of drug-likeness (QED) is 0.319. The molecule has 4 N–H and O–H groups in total. The molecule has 174 valence electrons. The number of rotatable bonds is 9. The van der Waals surface area contributed by atoms with Gasteiger partial charge in [0, 0.05) is 18.7 Å². The Balaban J connectivity index is 1.95. The number of nitrogens with one attached hydrogen (secondary N) is 1. The number of nitrogens with two attached hydrogens (primary N) is 1. The molecule has 0 bridgehead atoms. The maximum atomic E-state index is 13.8. The molecule has 0 radical (unpaired) electrons. The lowest BCUT2D eigenvalue weighted by molar-refractivity contribution is 0.401. The van der Waals surface area contributed by atoms with E-state index < -0.39 is 21.6 Å². The first kappa shape index (κ1) is 24.4. The van der Waals surface area contributed by atoms with Gasteiger partial charge in [0.25, 0.3) is 0 Å². The highest BCUT2D eigenvalue weighted by Gasteiger charge is 2.28. The third-order valence-corrected chi connectivity index (χ3v) is 7.31. The third kappa shape index (κ3) is 5.97. The zero-order chi connectivity index (χ0) is 24.2. The largest absolute Gasteiger partial charge is 0.507 e. The van der Waals surface area contributed by atoms with Crippen LogP contribution in [-0.4, -0.2) is 30.2 Å². The van der Waals surface area contributed by atoms with Crippen molar-refractivity contribution in [2.24, 2.45) is 5.73 Å². The average molecular weight is 470 g/mol. The summed E-state index contributed by atoms with van der Waals surface area (Å²) < 4.78 is 42.0. The van der Waals surface area contributed by atoms with Crippen molar-refractivity contribution in [2.45, 2.75) is 37.6 Å². The minimum atomic E-state index is -4.18. The van der Waals surface area contributed by atoms with Crippen molar-refractivity contribution in [3.63, 3.8) is 0 Å². The highest BCUT2D eigenvalue weighted by atomic mass is 32.2. The summed E-state index contributed by atoms with van der Waals surface area (Å²) in [7, 11) is -4.18. The molecular weight excluding hydrogens is 441 g/mol. The summed E-state index contributed by atoms with van der Waals surface area (Å²) in [6.07, 6.45) is 0.431. The van der Waals surface area contributed by atoms with E-state index in [2.05, 4.69) is 13.8 Å². The molecule has 8 heteroatoms. The van der Waals surface area contributed by atoms with Crippen LogP contribution in [0.15, 0.2) is 71.6 Å². The number of hydrogen-bond donors (Lipinski definition) is 3. The smallest absolute Gasteiger partial charge is 0.247 e. The molecule has 0 fully saturated rings. The van der Waals surface area contributed by atoms with Crippen LogP contribution in [-0.2, 0) is 23.0 Å². The van der Waals surface area contributed by atoms with Gasteiger partial charge in [0.05, 0.1) is 0 Å². The highest BCUT2D eigenvalue weighted by molar-refractivity contribution is 7.89. The fourth-order valence-corrected chi connectivity index (χ4v) is 5.01. The predicted octanol–water partition coefficient (Wildman–Crippen LogP) is 4.37. The summed E-state index contributed by atoms with van der Waals surface area (Å²) >= 11 is 0. The van der Waals surface area contributed by atoms with E-state index in [0.717, 1.165) is 5.56 Å². The van der Waals surface area contributed by atoms with E-state index in [1.54, 1.807) is 6.07 Å². The minimum Gasteiger partial charge on any atom is -0.507 e. The Hall–Kier alpha value is -3.23. The molecule has 0 aliphatic carbocycles. The number of amidine groups is 1. The van der Waals surface area contributed by atoms with Crippen LogP contribution >= 0.6 is 0 Å². The molecule has 3 rings (SSSR count). The second kappa shape index (κ2) is 10.1. The van der Waals surface area contributed by atoms with Crippen molar-refractivity contribution in [1.29, 1.82) is 5.41 Å². The van der Waals surface area contributed by atoms with Crippen LogP contribution < -0.4 is 5.73 Å². The number of hydrogen-bond acceptors (Lipinski definition) is 4. The summed E-state index contributed by atoms with van der Waals surface area (Å²) in [5.74, 6) is -0.824. The van der Waals surface area contributed by atoms with Gasteiger partial charge < -0.3 is 10.8 Å². The van der Waals surface area contributed by atoms with E-state index in [4.69, 9.17) is 11.1 Å². The van der Waals surface area contributed by atoms with Crippen LogP contribution in [0.1, 0.15) is 42.0 Å². The predicted molar refractivity (Wildman–Crippen MR) is 127 cm³/mol. The SMILES string of the molecule is CC(C)c1ccc(CCN(Cc2cccc(F)c2)S(=O)(=O)c2cc(C(=N)N)ccc2O)cc1. The Labute approximate surface area is 194 Å². The van der Waals surface area contributed by atoms with Crippen molar-refractivity contribution in [2.75, 3.05) is 6.54 Å². The van der Waals surface area contributed by atoms with Gasteiger partial charge >= 0.3 is 0 Å². The Morgan fingerprint density at radius 2 is 1.76 bits per heavy atom. The second-order valence-electron chi connectivity index (χ2n) is 8.21. The molecule has 6 nitrogen and oxygen atoms in total. The molecule has 0 aliphatic rings. The molecule has 0 heterocycles. The lowest BCUT2D eigenvalue weighted by Crippen LogP contribution is -2.33. The van der Waals surface area contributed by atoms with Crippen LogP contribution in [0.4, 0.5) is 4.39 Å². The fourth-order valence-electron chi connectivity index (χ4n) is 3.47. The van der Waals surface area contributed by atoms with E-state index in [9.17, 15) is 17.9 Å². The van der Waals surface area contributed by atoms with E-state index in [1.165, 1.54) is 46.3 Å². The van der Waals surface area contributed by atoms with Gasteiger partial charge in [-0.05, 0) is 59.4 Å². The molecule has 0 aromatic heterocycles. The number of sulfonamides is 1. The van der Waals surface area contributed by atoms with Gasteiger partial charge in [-0.15, -0.1) is 0 Å². The number of nitrogen functional groups attached to an aromatic ring is 1. The van der Waals surface area contributed by atoms with Crippen LogP contribution in [0.3, 0.4) is 0 Å². The topological polar surface area (TPSA) is 107 Å². The summed E-state index contributed by atoms with van der Waals surface area (Å²) in [6, 6.07) is 17.5. The van der Waals surface area contributed by atoms with Crippen molar-refractivity contribution >= 4 is 15.9 Å². The number of benzene rings is 3. The van der Waals surface area contributed by atoms with E-state index in [1.807, 2.05) is 24.3 Å². The van der Waals surface area contributed by atoms with E-state index in [0.29, 0.717) is 17.9 Å². The van der Waals surface area contributed by atoms with Gasteiger partial charge in [-0.25, -0.2) is 12.8 Å². The number of nitrogens with zero attached hydrogens (tertiary/aromatic N) is 1. The van der Waals surface area contributed by atoms with Crippen molar-refractivity contribution in [3.05, 3.63) is 94.8 Å². The first-order valence-corrected chi connectivity index (χ1v) is 12.0. The standard InChI is InChI=1S/C25H28FN3O3S/c1-17(2)20-8-6-18(7-9-20)12-13-29(16-19-4-3-5-22(26)14-19)33(31,32)24-15-21(25(27)28)10-11-23(24)30/h3-11,14-15,17,30H,12-13,16H2,1-2H3,(H3,27,28). The number of aromatic hydroxyl groups is 1. The summed E-state index contributed by atoms with van der Waals surface area (Å²) in [4.78, 5) is -0.346. The van der Waals surface area contributed by atoms with Gasteiger partial charge in [0.15, 0.2) is 0 Å². The van der Waals surface area contributed by atoms with Crippen molar-refractivity contribution in [3.8, 4) is 5.75 Å². The van der Waals surface area contributed by atoms with Gasteiger partial charge in [-0.3, -0.25) is 5.41 Å². The molecule has 0 unspecified atom stereocenters. The molecule has 0 amide bonds. The molecule has 33 heavy (non-hydrogen) atoms. The summed E-state index contributed by atoms with van der Waals surface area (Å²) in [5, 5.41) is 17.9. The molecule has 3 aromatic rings. The molecule has 0 atom stereocenters. The maximum Gasteiger partial charge on any atom is 0.247 e. The van der Waals surface area contributed by atoms with E-state index in [-0.39, 0.29) is 29.4 Å². The first-order valence-electron chi connectivity index (χ1n) is 10.6. The number of halogens is 1. The Morgan fingerprint density at radius 3 is 2.36 bits per heavy atom. The van der Waals surface area contributed by atoms with Crippen LogP contribution in [0.5, 0.6) is 5.75 Å². The second-order valence-corrected chi connectivity index (χ2v) is 10.1.